The third-order valence-corrected chi connectivity index (χ3v) is 3.21. The lowest BCUT2D eigenvalue weighted by Gasteiger charge is -2.16. The zero-order valence-electron chi connectivity index (χ0n) is 11.9. The summed E-state index contributed by atoms with van der Waals surface area (Å²) < 4.78 is 5.57. The zero-order valence-corrected chi connectivity index (χ0v) is 13.4. The number of benzene rings is 1. The number of rotatable bonds is 6. The fourth-order valence-electron chi connectivity index (χ4n) is 1.61. The second-order valence-corrected chi connectivity index (χ2v) is 5.28. The maximum atomic E-state index is 9.74. The Morgan fingerprint density at radius 2 is 1.79 bits per heavy atom. The van der Waals surface area contributed by atoms with Crippen LogP contribution in [0.3, 0.4) is 0 Å². The van der Waals surface area contributed by atoms with Gasteiger partial charge in [0.05, 0.1) is 0 Å². The number of hydrogen-bond donors (Lipinski definition) is 2. The first-order chi connectivity index (χ1) is 8.40. The van der Waals surface area contributed by atoms with E-state index in [1.54, 1.807) is 0 Å². The summed E-state index contributed by atoms with van der Waals surface area (Å²) in [5.74, 6) is 0.748. The van der Waals surface area contributed by atoms with Gasteiger partial charge in [0.15, 0.2) is 0 Å². The minimum Gasteiger partial charge on any atom is -0.491 e. The second-order valence-electron chi connectivity index (χ2n) is 4.90. The van der Waals surface area contributed by atoms with Crippen molar-refractivity contribution in [2.45, 2.75) is 39.8 Å². The molecule has 0 saturated carbocycles. The largest absolute Gasteiger partial charge is 0.491 e. The van der Waals surface area contributed by atoms with Crippen LogP contribution < -0.4 is 10.1 Å². The van der Waals surface area contributed by atoms with Crippen LogP contribution >= 0.6 is 24.0 Å². The Kier molecular flexibility index (Phi) is 8.42. The van der Waals surface area contributed by atoms with Crippen LogP contribution in [0.1, 0.15) is 25.0 Å². The molecular weight excluding hydrogens is 285 g/mol. The van der Waals surface area contributed by atoms with Crippen molar-refractivity contribution in [1.29, 1.82) is 0 Å². The summed E-state index contributed by atoms with van der Waals surface area (Å²) in [6, 6.07) is 4.13. The van der Waals surface area contributed by atoms with Crippen molar-refractivity contribution in [3.63, 3.8) is 0 Å². The standard InChI is InChI=1S/C14H22ClNO2.ClH/c1-9(2)16-7-12(17)8-18-13-5-10(3)14(15)11(4)6-13;/h5-6,9,12,16-17H,7-8H2,1-4H3;1H. The summed E-state index contributed by atoms with van der Waals surface area (Å²) in [5.41, 5.74) is 1.97. The molecule has 0 bridgehead atoms. The van der Waals surface area contributed by atoms with Gasteiger partial charge in [-0.2, -0.15) is 0 Å². The molecule has 0 aliphatic rings. The van der Waals surface area contributed by atoms with Crippen molar-refractivity contribution in [3.05, 3.63) is 28.3 Å². The van der Waals surface area contributed by atoms with Crippen LogP contribution in [0.4, 0.5) is 0 Å². The molecule has 0 radical (unpaired) electrons. The lowest BCUT2D eigenvalue weighted by atomic mass is 10.1. The van der Waals surface area contributed by atoms with Gasteiger partial charge in [0.2, 0.25) is 0 Å². The molecule has 0 aromatic heterocycles. The summed E-state index contributed by atoms with van der Waals surface area (Å²) >= 11 is 6.08. The van der Waals surface area contributed by atoms with Gasteiger partial charge in [0.25, 0.3) is 0 Å². The van der Waals surface area contributed by atoms with Crippen molar-refractivity contribution in [2.24, 2.45) is 0 Å². The van der Waals surface area contributed by atoms with Gasteiger partial charge in [-0.05, 0) is 37.1 Å². The highest BCUT2D eigenvalue weighted by Crippen LogP contribution is 2.25. The van der Waals surface area contributed by atoms with Crippen LogP contribution in [-0.2, 0) is 0 Å². The molecule has 0 fully saturated rings. The maximum absolute atomic E-state index is 9.74. The van der Waals surface area contributed by atoms with Crippen molar-refractivity contribution in [3.8, 4) is 5.75 Å². The molecule has 0 amide bonds. The van der Waals surface area contributed by atoms with Gasteiger partial charge in [-0.3, -0.25) is 0 Å². The van der Waals surface area contributed by atoms with E-state index in [1.165, 1.54) is 0 Å². The Balaban J connectivity index is 0.00000324. The first-order valence-corrected chi connectivity index (χ1v) is 6.59. The Morgan fingerprint density at radius 1 is 1.26 bits per heavy atom. The molecule has 19 heavy (non-hydrogen) atoms. The molecule has 1 atom stereocenters. The smallest absolute Gasteiger partial charge is 0.120 e. The van der Waals surface area contributed by atoms with Crippen LogP contribution in [0.2, 0.25) is 5.02 Å². The van der Waals surface area contributed by atoms with Gasteiger partial charge in [-0.1, -0.05) is 25.4 Å². The van der Waals surface area contributed by atoms with E-state index >= 15 is 0 Å². The predicted molar refractivity (Wildman–Crippen MR) is 82.8 cm³/mol. The SMILES string of the molecule is Cc1cc(OCC(O)CNC(C)C)cc(C)c1Cl.Cl. The summed E-state index contributed by atoms with van der Waals surface area (Å²) in [6.45, 7) is 8.78. The van der Waals surface area contributed by atoms with E-state index in [2.05, 4.69) is 5.32 Å². The number of nitrogens with one attached hydrogen (secondary N) is 1. The molecule has 0 aliphatic carbocycles. The fourth-order valence-corrected chi connectivity index (χ4v) is 1.72. The van der Waals surface area contributed by atoms with Crippen LogP contribution in [0.25, 0.3) is 0 Å². The number of aliphatic hydroxyl groups is 1. The Bertz CT molecular complexity index is 374. The minimum atomic E-state index is -0.510. The van der Waals surface area contributed by atoms with Gasteiger partial charge < -0.3 is 15.2 Å². The summed E-state index contributed by atoms with van der Waals surface area (Å²) in [7, 11) is 0. The maximum Gasteiger partial charge on any atom is 0.120 e. The average molecular weight is 308 g/mol. The topological polar surface area (TPSA) is 41.5 Å². The highest BCUT2D eigenvalue weighted by atomic mass is 35.5. The van der Waals surface area contributed by atoms with E-state index in [0.717, 1.165) is 21.9 Å². The number of ether oxygens (including phenoxy) is 1. The van der Waals surface area contributed by atoms with Crippen molar-refractivity contribution >= 4 is 24.0 Å². The van der Waals surface area contributed by atoms with E-state index in [1.807, 2.05) is 39.8 Å². The number of halogens is 2. The van der Waals surface area contributed by atoms with E-state index in [4.69, 9.17) is 16.3 Å². The van der Waals surface area contributed by atoms with Crippen molar-refractivity contribution < 1.29 is 9.84 Å². The first-order valence-electron chi connectivity index (χ1n) is 6.21. The lowest BCUT2D eigenvalue weighted by Crippen LogP contribution is -2.35. The average Bonchev–Trinajstić information content (AvgIpc) is 2.30. The van der Waals surface area contributed by atoms with Gasteiger partial charge in [-0.25, -0.2) is 0 Å². The van der Waals surface area contributed by atoms with Crippen LogP contribution in [0.15, 0.2) is 12.1 Å². The molecule has 110 valence electrons. The van der Waals surface area contributed by atoms with Crippen LogP contribution in [-0.4, -0.2) is 30.4 Å². The number of hydrogen-bond acceptors (Lipinski definition) is 3. The number of aliphatic hydroxyl groups excluding tert-OH is 1. The zero-order chi connectivity index (χ0) is 13.7. The van der Waals surface area contributed by atoms with Gasteiger partial charge in [0.1, 0.15) is 18.5 Å². The highest BCUT2D eigenvalue weighted by molar-refractivity contribution is 6.32. The predicted octanol–water partition coefficient (Wildman–Crippen LogP) is 3.12. The molecule has 1 aromatic carbocycles. The normalized spacial score (nSPS) is 12.2. The molecule has 1 rings (SSSR count). The lowest BCUT2D eigenvalue weighted by molar-refractivity contribution is 0.104. The third kappa shape index (κ3) is 6.48. The molecule has 1 unspecified atom stereocenters. The molecule has 0 heterocycles. The van der Waals surface area contributed by atoms with E-state index in [-0.39, 0.29) is 19.0 Å². The van der Waals surface area contributed by atoms with Gasteiger partial charge >= 0.3 is 0 Å². The van der Waals surface area contributed by atoms with Crippen LogP contribution in [0, 0.1) is 13.8 Å². The van der Waals surface area contributed by atoms with Crippen molar-refractivity contribution in [2.75, 3.05) is 13.2 Å². The van der Waals surface area contributed by atoms with Gasteiger partial charge in [0, 0.05) is 17.6 Å². The Hall–Kier alpha value is -0.480. The monoisotopic (exact) mass is 307 g/mol. The summed E-state index contributed by atoms with van der Waals surface area (Å²) in [4.78, 5) is 0. The molecule has 1 aromatic rings. The summed E-state index contributed by atoms with van der Waals surface area (Å²) in [6.07, 6.45) is -0.510. The Labute approximate surface area is 126 Å². The fraction of sp³-hybridized carbons (Fsp3) is 0.571. The molecule has 2 N–H and O–H groups in total. The minimum absolute atomic E-state index is 0. The first kappa shape index (κ1) is 18.5. The molecule has 0 spiro atoms. The van der Waals surface area contributed by atoms with E-state index in [9.17, 15) is 5.11 Å². The van der Waals surface area contributed by atoms with E-state index in [0.29, 0.717) is 12.6 Å². The highest BCUT2D eigenvalue weighted by Gasteiger charge is 2.08. The second kappa shape index (κ2) is 8.64. The Morgan fingerprint density at radius 3 is 2.26 bits per heavy atom. The van der Waals surface area contributed by atoms with Crippen molar-refractivity contribution in [1.82, 2.24) is 5.32 Å². The molecule has 0 aliphatic heterocycles. The quantitative estimate of drug-likeness (QED) is 0.848. The summed E-state index contributed by atoms with van der Waals surface area (Å²) in [5, 5.41) is 13.7. The number of aryl methyl sites for hydroxylation is 2. The van der Waals surface area contributed by atoms with Gasteiger partial charge in [-0.15, -0.1) is 12.4 Å². The van der Waals surface area contributed by atoms with E-state index < -0.39 is 6.10 Å². The van der Waals surface area contributed by atoms with Crippen LogP contribution in [0.5, 0.6) is 5.75 Å². The molecule has 3 nitrogen and oxygen atoms in total. The molecule has 5 heteroatoms. The molecule has 0 saturated heterocycles. The molecular formula is C14H23Cl2NO2. The third-order valence-electron chi connectivity index (χ3n) is 2.61.